The van der Waals surface area contributed by atoms with E-state index in [1.807, 2.05) is 35.7 Å². The molecule has 0 bridgehead atoms. The maximum absolute atomic E-state index is 5.87. The largest absolute Gasteiger partial charge is 0.493 e. The Kier molecular flexibility index (Phi) is 5.84. The molecule has 2 aromatic heterocycles. The maximum Gasteiger partial charge on any atom is 0.216 e. The molecular formula is C19H20N4O3S2. The van der Waals surface area contributed by atoms with Gasteiger partial charge >= 0.3 is 0 Å². The number of H-pyrrole nitrogens is 1. The fourth-order valence-electron chi connectivity index (χ4n) is 2.96. The number of nitrogens with one attached hydrogen (secondary N) is 1. The van der Waals surface area contributed by atoms with Crippen molar-refractivity contribution < 1.29 is 14.2 Å². The van der Waals surface area contributed by atoms with E-state index >= 15 is 0 Å². The number of hydrogen-bond acceptors (Lipinski definition) is 7. The number of nitrogens with zero attached hydrogens (tertiary/aromatic N) is 3. The Morgan fingerprint density at radius 1 is 1.43 bits per heavy atom. The lowest BCUT2D eigenvalue weighted by atomic mass is 10.2. The first-order valence-electron chi connectivity index (χ1n) is 8.91. The molecule has 0 saturated carbocycles. The maximum atomic E-state index is 5.87. The van der Waals surface area contributed by atoms with Gasteiger partial charge in [-0.25, -0.2) is 0 Å². The van der Waals surface area contributed by atoms with Crippen molar-refractivity contribution in [3.05, 3.63) is 56.7 Å². The third-order valence-corrected chi connectivity index (χ3v) is 5.47. The molecule has 1 N–H and O–H groups in total. The minimum atomic E-state index is -0.0762. The van der Waals surface area contributed by atoms with Crippen LogP contribution in [0.3, 0.4) is 0 Å². The van der Waals surface area contributed by atoms with Gasteiger partial charge in [0.05, 0.1) is 13.3 Å². The van der Waals surface area contributed by atoms with Gasteiger partial charge in [-0.1, -0.05) is 6.07 Å². The van der Waals surface area contributed by atoms with Crippen LogP contribution < -0.4 is 9.47 Å². The van der Waals surface area contributed by atoms with Crippen LogP contribution in [0.1, 0.15) is 35.2 Å². The smallest absolute Gasteiger partial charge is 0.216 e. The van der Waals surface area contributed by atoms with Gasteiger partial charge < -0.3 is 14.2 Å². The number of aromatic amines is 1. The third-order valence-electron chi connectivity index (χ3n) is 4.35. The van der Waals surface area contributed by atoms with Crippen molar-refractivity contribution in [3.8, 4) is 11.5 Å². The van der Waals surface area contributed by atoms with Crippen LogP contribution in [0.15, 0.2) is 40.8 Å². The number of methoxy groups -OCH3 is 1. The van der Waals surface area contributed by atoms with E-state index in [9.17, 15) is 0 Å². The van der Waals surface area contributed by atoms with Gasteiger partial charge in [0.15, 0.2) is 17.3 Å². The summed E-state index contributed by atoms with van der Waals surface area (Å²) < 4.78 is 19.1. The molecule has 9 heteroatoms. The minimum Gasteiger partial charge on any atom is -0.493 e. The van der Waals surface area contributed by atoms with E-state index in [4.69, 9.17) is 26.4 Å². The van der Waals surface area contributed by atoms with E-state index in [0.717, 1.165) is 29.9 Å². The van der Waals surface area contributed by atoms with Crippen LogP contribution in [0.25, 0.3) is 0 Å². The van der Waals surface area contributed by atoms with Crippen molar-refractivity contribution >= 4 is 29.8 Å². The van der Waals surface area contributed by atoms with E-state index in [2.05, 4.69) is 15.3 Å². The van der Waals surface area contributed by atoms with Crippen LogP contribution in [0.2, 0.25) is 0 Å². The van der Waals surface area contributed by atoms with E-state index in [1.54, 1.807) is 29.3 Å². The molecule has 1 fully saturated rings. The van der Waals surface area contributed by atoms with Gasteiger partial charge in [-0.05, 0) is 60.3 Å². The van der Waals surface area contributed by atoms with Crippen molar-refractivity contribution in [1.29, 1.82) is 0 Å². The highest BCUT2D eigenvalue weighted by Gasteiger charge is 2.23. The van der Waals surface area contributed by atoms with Gasteiger partial charge in [-0.15, -0.1) is 11.3 Å². The molecule has 1 aromatic carbocycles. The molecule has 1 atom stereocenters. The average molecular weight is 417 g/mol. The number of aromatic nitrogens is 3. The molecule has 0 unspecified atom stereocenters. The first-order valence-corrected chi connectivity index (χ1v) is 10.2. The summed E-state index contributed by atoms with van der Waals surface area (Å²) in [5.74, 6) is 2.03. The lowest BCUT2D eigenvalue weighted by molar-refractivity contribution is 0.102. The Morgan fingerprint density at radius 2 is 2.36 bits per heavy atom. The average Bonchev–Trinajstić information content (AvgIpc) is 3.47. The summed E-state index contributed by atoms with van der Waals surface area (Å²) in [6.45, 7) is 1.24. The molecular weight excluding hydrogens is 396 g/mol. The molecule has 1 saturated heterocycles. The minimum absolute atomic E-state index is 0.0762. The van der Waals surface area contributed by atoms with Crippen LogP contribution >= 0.6 is 23.6 Å². The Bertz CT molecular complexity index is 1000. The summed E-state index contributed by atoms with van der Waals surface area (Å²) in [7, 11) is 1.62. The quantitative estimate of drug-likeness (QED) is 0.459. The molecule has 146 valence electrons. The number of rotatable bonds is 7. The van der Waals surface area contributed by atoms with Gasteiger partial charge in [0.1, 0.15) is 12.7 Å². The van der Waals surface area contributed by atoms with Crippen LogP contribution in [0.4, 0.5) is 0 Å². The summed E-state index contributed by atoms with van der Waals surface area (Å²) in [4.78, 5) is 1.16. The van der Waals surface area contributed by atoms with Gasteiger partial charge in [-0.3, -0.25) is 5.10 Å². The van der Waals surface area contributed by atoms with Crippen LogP contribution in [-0.2, 0) is 11.3 Å². The number of ether oxygens (including phenoxy) is 3. The summed E-state index contributed by atoms with van der Waals surface area (Å²) in [6, 6.07) is 9.72. The van der Waals surface area contributed by atoms with E-state index in [-0.39, 0.29) is 6.10 Å². The molecule has 0 spiro atoms. The SMILES string of the molecule is COc1cc(/C=N\n2c([C@@H]3CCCO3)n[nH]c2=S)ccc1OCc1cccs1. The third kappa shape index (κ3) is 4.16. The molecule has 7 nitrogen and oxygen atoms in total. The molecule has 3 aromatic rings. The second kappa shape index (κ2) is 8.68. The van der Waals surface area contributed by atoms with Gasteiger partial charge in [-0.2, -0.15) is 14.9 Å². The van der Waals surface area contributed by atoms with Gasteiger partial charge in [0, 0.05) is 11.5 Å². The van der Waals surface area contributed by atoms with Crippen LogP contribution in [0, 0.1) is 4.77 Å². The Morgan fingerprint density at radius 3 is 3.11 bits per heavy atom. The summed E-state index contributed by atoms with van der Waals surface area (Å²) in [6.07, 6.45) is 3.57. The normalized spacial score (nSPS) is 16.7. The molecule has 1 aliphatic rings. The highest BCUT2D eigenvalue weighted by Crippen LogP contribution is 2.29. The summed E-state index contributed by atoms with van der Waals surface area (Å²) in [5, 5.41) is 13.6. The Balaban J connectivity index is 1.52. The summed E-state index contributed by atoms with van der Waals surface area (Å²) in [5.41, 5.74) is 0.863. The fourth-order valence-corrected chi connectivity index (χ4v) is 3.76. The van der Waals surface area contributed by atoms with E-state index in [1.165, 1.54) is 0 Å². The van der Waals surface area contributed by atoms with Crippen LogP contribution in [-0.4, -0.2) is 34.8 Å². The first-order chi connectivity index (χ1) is 13.7. The van der Waals surface area contributed by atoms with E-state index < -0.39 is 0 Å². The van der Waals surface area contributed by atoms with Crippen molar-refractivity contribution in [2.45, 2.75) is 25.6 Å². The van der Waals surface area contributed by atoms with Crippen molar-refractivity contribution in [1.82, 2.24) is 14.9 Å². The predicted octanol–water partition coefficient (Wildman–Crippen LogP) is 4.32. The van der Waals surface area contributed by atoms with Crippen LogP contribution in [0.5, 0.6) is 11.5 Å². The predicted molar refractivity (Wildman–Crippen MR) is 110 cm³/mol. The van der Waals surface area contributed by atoms with Crippen molar-refractivity contribution in [3.63, 3.8) is 0 Å². The molecule has 3 heterocycles. The lowest BCUT2D eigenvalue weighted by Gasteiger charge is -2.10. The number of hydrogen-bond donors (Lipinski definition) is 1. The highest BCUT2D eigenvalue weighted by molar-refractivity contribution is 7.71. The van der Waals surface area contributed by atoms with Crippen molar-refractivity contribution in [2.75, 3.05) is 13.7 Å². The number of thiophene rings is 1. The standard InChI is InChI=1S/C19H20N4O3S2/c1-24-17-10-13(6-7-15(17)26-12-14-4-3-9-28-14)11-20-23-18(21-22-19(23)27)16-5-2-8-25-16/h3-4,6-7,9-11,16H,2,5,8,12H2,1H3,(H,22,27)/b20-11-/t16-/m0/s1. The Labute approximate surface area is 171 Å². The molecule has 1 aliphatic heterocycles. The molecule has 4 rings (SSSR count). The topological polar surface area (TPSA) is 73.7 Å². The van der Waals surface area contributed by atoms with E-state index in [0.29, 0.717) is 28.7 Å². The highest BCUT2D eigenvalue weighted by atomic mass is 32.1. The van der Waals surface area contributed by atoms with Gasteiger partial charge in [0.25, 0.3) is 0 Å². The lowest BCUT2D eigenvalue weighted by Crippen LogP contribution is -2.05. The second-order valence-corrected chi connectivity index (χ2v) is 7.64. The number of benzene rings is 1. The Hall–Kier alpha value is -2.49. The van der Waals surface area contributed by atoms with Crippen molar-refractivity contribution in [2.24, 2.45) is 5.10 Å². The molecule has 0 amide bonds. The zero-order valence-electron chi connectivity index (χ0n) is 15.3. The monoisotopic (exact) mass is 416 g/mol. The second-order valence-electron chi connectivity index (χ2n) is 6.22. The molecule has 0 aliphatic carbocycles. The fraction of sp³-hybridized carbons (Fsp3) is 0.316. The summed E-state index contributed by atoms with van der Waals surface area (Å²) >= 11 is 6.96. The molecule has 0 radical (unpaired) electrons. The van der Waals surface area contributed by atoms with Gasteiger partial charge in [0.2, 0.25) is 4.77 Å². The zero-order valence-corrected chi connectivity index (χ0v) is 17.0. The molecule has 28 heavy (non-hydrogen) atoms. The first kappa shape index (κ1) is 18.9. The zero-order chi connectivity index (χ0) is 19.3.